The van der Waals surface area contributed by atoms with Gasteiger partial charge in [0.2, 0.25) is 0 Å². The van der Waals surface area contributed by atoms with Gasteiger partial charge in [-0.15, -0.1) is 0 Å². The van der Waals surface area contributed by atoms with E-state index >= 15 is 0 Å². The highest BCUT2D eigenvalue weighted by atomic mass is 35.5. The molecular formula is C21H26ClN3O5. The zero-order valence-corrected chi connectivity index (χ0v) is 17.5. The van der Waals surface area contributed by atoms with E-state index in [4.69, 9.17) is 25.5 Å². The molecule has 2 atom stereocenters. The molecule has 30 heavy (non-hydrogen) atoms. The number of benzene rings is 1. The van der Waals surface area contributed by atoms with Crippen molar-refractivity contribution in [1.82, 2.24) is 10.2 Å². The first-order valence-electron chi connectivity index (χ1n) is 10.2. The first-order valence-corrected chi connectivity index (χ1v) is 10.6. The van der Waals surface area contributed by atoms with Gasteiger partial charge in [-0.3, -0.25) is 15.0 Å². The van der Waals surface area contributed by atoms with E-state index in [1.807, 2.05) is 6.07 Å². The maximum Gasteiger partial charge on any atom is 0.281 e. The fraction of sp³-hybridized carbons (Fsp3) is 0.524. The summed E-state index contributed by atoms with van der Waals surface area (Å²) in [6.07, 6.45) is 1.08. The van der Waals surface area contributed by atoms with E-state index < -0.39 is 4.92 Å². The van der Waals surface area contributed by atoms with Crippen LogP contribution in [0.1, 0.15) is 12.2 Å². The first kappa shape index (κ1) is 21.3. The normalized spacial score (nSPS) is 21.0. The second-order valence-corrected chi connectivity index (χ2v) is 8.09. The Morgan fingerprint density at radius 3 is 2.77 bits per heavy atom. The Morgan fingerprint density at radius 2 is 2.03 bits per heavy atom. The van der Waals surface area contributed by atoms with Gasteiger partial charge in [0.15, 0.2) is 0 Å². The lowest BCUT2D eigenvalue weighted by Crippen LogP contribution is -2.51. The molecule has 0 bridgehead atoms. The van der Waals surface area contributed by atoms with Gasteiger partial charge in [-0.2, -0.15) is 0 Å². The fourth-order valence-corrected chi connectivity index (χ4v) is 4.35. The summed E-state index contributed by atoms with van der Waals surface area (Å²) in [7, 11) is 0. The minimum atomic E-state index is -0.446. The van der Waals surface area contributed by atoms with Crippen LogP contribution in [-0.2, 0) is 16.0 Å². The number of rotatable bonds is 8. The molecule has 9 heteroatoms. The average molecular weight is 436 g/mol. The van der Waals surface area contributed by atoms with Crippen LogP contribution < -0.4 is 5.32 Å². The number of nitro benzene ring substituents is 1. The smallest absolute Gasteiger partial charge is 0.281 e. The van der Waals surface area contributed by atoms with Crippen molar-refractivity contribution in [3.8, 4) is 11.3 Å². The summed E-state index contributed by atoms with van der Waals surface area (Å²) in [6.45, 7) is 6.42. The Kier molecular flexibility index (Phi) is 7.01. The number of nitrogens with zero attached hydrogens (tertiary/aromatic N) is 2. The molecule has 2 saturated heterocycles. The van der Waals surface area contributed by atoms with Gasteiger partial charge in [0, 0.05) is 49.3 Å². The number of furan rings is 1. The number of nitro groups is 1. The van der Waals surface area contributed by atoms with Crippen molar-refractivity contribution in [1.29, 1.82) is 0 Å². The number of hydrogen-bond donors (Lipinski definition) is 1. The van der Waals surface area contributed by atoms with Gasteiger partial charge in [0.05, 0.1) is 36.9 Å². The van der Waals surface area contributed by atoms with Gasteiger partial charge in [-0.25, -0.2) is 0 Å². The third-order valence-corrected chi connectivity index (χ3v) is 6.00. The summed E-state index contributed by atoms with van der Waals surface area (Å²) in [5.41, 5.74) is 0.356. The molecule has 162 valence electrons. The maximum atomic E-state index is 11.3. The molecule has 2 fully saturated rings. The molecule has 2 aromatic rings. The van der Waals surface area contributed by atoms with Crippen molar-refractivity contribution in [2.75, 3.05) is 46.1 Å². The molecular weight excluding hydrogens is 410 g/mol. The van der Waals surface area contributed by atoms with E-state index in [0.717, 1.165) is 58.2 Å². The highest BCUT2D eigenvalue weighted by molar-refractivity contribution is 6.30. The SMILES string of the molecule is O=[N+]([O-])c1cc(Cl)ccc1-c1ccc(CNCC(C2CCOC2)N2CCOCC2)o1. The first-order chi connectivity index (χ1) is 14.6. The lowest BCUT2D eigenvalue weighted by atomic mass is 9.97. The molecule has 3 heterocycles. The van der Waals surface area contributed by atoms with Gasteiger partial charge >= 0.3 is 0 Å². The molecule has 1 N–H and O–H groups in total. The number of morpholine rings is 1. The van der Waals surface area contributed by atoms with Crippen LogP contribution in [0.3, 0.4) is 0 Å². The van der Waals surface area contributed by atoms with Crippen LogP contribution in [0.25, 0.3) is 11.3 Å². The Morgan fingerprint density at radius 1 is 1.20 bits per heavy atom. The lowest BCUT2D eigenvalue weighted by Gasteiger charge is -2.37. The highest BCUT2D eigenvalue weighted by Gasteiger charge is 2.31. The van der Waals surface area contributed by atoms with Crippen molar-refractivity contribution in [3.05, 3.63) is 51.2 Å². The minimum absolute atomic E-state index is 0.0648. The van der Waals surface area contributed by atoms with E-state index in [1.165, 1.54) is 6.07 Å². The molecule has 1 aromatic carbocycles. The van der Waals surface area contributed by atoms with E-state index in [2.05, 4.69) is 10.2 Å². The highest BCUT2D eigenvalue weighted by Crippen LogP contribution is 2.33. The summed E-state index contributed by atoms with van der Waals surface area (Å²) in [5.74, 6) is 1.71. The molecule has 2 unspecified atom stereocenters. The molecule has 4 rings (SSSR count). The van der Waals surface area contributed by atoms with Crippen LogP contribution >= 0.6 is 11.6 Å². The third-order valence-electron chi connectivity index (χ3n) is 5.76. The maximum absolute atomic E-state index is 11.3. The number of hydrogen-bond acceptors (Lipinski definition) is 7. The summed E-state index contributed by atoms with van der Waals surface area (Å²) in [5, 5.41) is 15.2. The van der Waals surface area contributed by atoms with Crippen LogP contribution in [-0.4, -0.2) is 61.9 Å². The lowest BCUT2D eigenvalue weighted by molar-refractivity contribution is -0.384. The summed E-state index contributed by atoms with van der Waals surface area (Å²) in [4.78, 5) is 13.4. The molecule has 0 amide bonds. The predicted molar refractivity (Wildman–Crippen MR) is 113 cm³/mol. The molecule has 1 aromatic heterocycles. The van der Waals surface area contributed by atoms with Gasteiger partial charge < -0.3 is 19.2 Å². The predicted octanol–water partition coefficient (Wildman–Crippen LogP) is 3.34. The molecule has 0 saturated carbocycles. The Labute approximate surface area is 180 Å². The summed E-state index contributed by atoms with van der Waals surface area (Å²) < 4.78 is 17.0. The molecule has 0 spiro atoms. The van der Waals surface area contributed by atoms with E-state index in [-0.39, 0.29) is 5.69 Å². The Hall–Kier alpha value is -1.97. The van der Waals surface area contributed by atoms with Crippen LogP contribution in [0.2, 0.25) is 5.02 Å². The quantitative estimate of drug-likeness (QED) is 0.502. The van der Waals surface area contributed by atoms with E-state index in [9.17, 15) is 10.1 Å². The number of halogens is 1. The van der Waals surface area contributed by atoms with Crippen molar-refractivity contribution < 1.29 is 18.8 Å². The standard InChI is InChI=1S/C21H26ClN3O5/c22-16-1-3-18(19(11-16)25(26)27)21-4-2-17(30-21)12-23-13-20(15-5-8-29-14-15)24-6-9-28-10-7-24/h1-4,11,15,20,23H,5-10,12-14H2. The molecule has 8 nitrogen and oxygen atoms in total. The van der Waals surface area contributed by atoms with Crippen molar-refractivity contribution in [2.45, 2.75) is 19.0 Å². The van der Waals surface area contributed by atoms with Crippen LogP contribution in [0.15, 0.2) is 34.7 Å². The third kappa shape index (κ3) is 5.01. The van der Waals surface area contributed by atoms with Crippen molar-refractivity contribution >= 4 is 17.3 Å². The van der Waals surface area contributed by atoms with Gasteiger partial charge in [-0.1, -0.05) is 11.6 Å². The van der Waals surface area contributed by atoms with E-state index in [0.29, 0.717) is 34.9 Å². The number of nitrogens with one attached hydrogen (secondary N) is 1. The van der Waals surface area contributed by atoms with Crippen LogP contribution in [0.5, 0.6) is 0 Å². The second kappa shape index (κ2) is 9.89. The fourth-order valence-electron chi connectivity index (χ4n) is 4.18. The van der Waals surface area contributed by atoms with Crippen molar-refractivity contribution in [2.24, 2.45) is 5.92 Å². The molecule has 2 aliphatic heterocycles. The molecule has 0 aliphatic carbocycles. The Balaban J connectivity index is 1.39. The summed E-state index contributed by atoms with van der Waals surface area (Å²) >= 11 is 5.90. The van der Waals surface area contributed by atoms with Gasteiger partial charge in [-0.05, 0) is 30.7 Å². The second-order valence-electron chi connectivity index (χ2n) is 7.65. The number of ether oxygens (including phenoxy) is 2. The summed E-state index contributed by atoms with van der Waals surface area (Å²) in [6, 6.07) is 8.59. The van der Waals surface area contributed by atoms with Crippen LogP contribution in [0.4, 0.5) is 5.69 Å². The monoisotopic (exact) mass is 435 g/mol. The zero-order chi connectivity index (χ0) is 20.9. The zero-order valence-electron chi connectivity index (χ0n) is 16.7. The van der Waals surface area contributed by atoms with Gasteiger partial charge in [0.25, 0.3) is 5.69 Å². The van der Waals surface area contributed by atoms with E-state index in [1.54, 1.807) is 18.2 Å². The topological polar surface area (TPSA) is 90.0 Å². The molecule has 0 radical (unpaired) electrons. The van der Waals surface area contributed by atoms with Crippen molar-refractivity contribution in [3.63, 3.8) is 0 Å². The molecule has 2 aliphatic rings. The average Bonchev–Trinajstić information content (AvgIpc) is 3.44. The van der Waals surface area contributed by atoms with Crippen LogP contribution in [0, 0.1) is 16.0 Å². The van der Waals surface area contributed by atoms with Gasteiger partial charge in [0.1, 0.15) is 11.5 Å². The largest absolute Gasteiger partial charge is 0.459 e. The Bertz CT molecular complexity index is 862. The minimum Gasteiger partial charge on any atom is -0.459 e.